The molecular weight excluding hydrogens is 261 g/mol. The minimum atomic E-state index is -0.716. The van der Waals surface area contributed by atoms with Gasteiger partial charge in [0.05, 0.1) is 22.7 Å². The number of carbonyl (C=O) groups is 2. The van der Waals surface area contributed by atoms with Crippen LogP contribution in [-0.2, 0) is 4.74 Å². The molecule has 0 radical (unpaired) electrons. The van der Waals surface area contributed by atoms with Crippen molar-refractivity contribution in [2.24, 2.45) is 0 Å². The third kappa shape index (κ3) is 1.86. The van der Waals surface area contributed by atoms with Crippen LogP contribution < -0.4 is 0 Å². The lowest BCUT2D eigenvalue weighted by molar-refractivity contribution is 0.0518. The van der Waals surface area contributed by atoms with Gasteiger partial charge in [-0.2, -0.15) is 0 Å². The van der Waals surface area contributed by atoms with Crippen molar-refractivity contribution in [3.8, 4) is 0 Å². The Morgan fingerprint density at radius 3 is 2.89 bits per heavy atom. The molecule has 0 spiro atoms. The summed E-state index contributed by atoms with van der Waals surface area (Å²) in [5, 5.41) is 0.384. The van der Waals surface area contributed by atoms with E-state index < -0.39 is 11.8 Å². The molecule has 0 aliphatic carbocycles. The molecule has 1 aromatic heterocycles. The predicted molar refractivity (Wildman–Crippen MR) is 64.6 cm³/mol. The number of fused-ring (bicyclic) bond motifs is 1. The monoisotopic (exact) mass is 269 g/mol. The van der Waals surface area contributed by atoms with Crippen LogP contribution in [-0.4, -0.2) is 23.8 Å². The third-order valence-corrected chi connectivity index (χ3v) is 2.80. The number of ether oxygens (including phenoxy) is 1. The number of aromatic amines is 1. The van der Waals surface area contributed by atoms with Gasteiger partial charge in [0.2, 0.25) is 0 Å². The van der Waals surface area contributed by atoms with Crippen LogP contribution in [0, 0.1) is 5.82 Å². The van der Waals surface area contributed by atoms with Crippen molar-refractivity contribution in [2.75, 3.05) is 6.61 Å². The summed E-state index contributed by atoms with van der Waals surface area (Å²) >= 11 is 5.91. The molecule has 0 saturated heterocycles. The fraction of sp³-hybridized carbons (Fsp3) is 0.167. The van der Waals surface area contributed by atoms with Crippen molar-refractivity contribution >= 4 is 34.8 Å². The lowest BCUT2D eigenvalue weighted by Crippen LogP contribution is -2.07. The third-order valence-electron chi connectivity index (χ3n) is 2.49. The molecule has 6 heteroatoms. The van der Waals surface area contributed by atoms with Crippen LogP contribution in [0.5, 0.6) is 0 Å². The van der Waals surface area contributed by atoms with E-state index in [2.05, 4.69) is 4.98 Å². The zero-order valence-electron chi connectivity index (χ0n) is 9.42. The van der Waals surface area contributed by atoms with E-state index in [1.54, 1.807) is 6.92 Å². The van der Waals surface area contributed by atoms with Crippen molar-refractivity contribution < 1.29 is 18.7 Å². The highest BCUT2D eigenvalue weighted by molar-refractivity contribution is 6.36. The molecule has 0 unspecified atom stereocenters. The minimum Gasteiger partial charge on any atom is -0.461 e. The molecule has 0 amide bonds. The van der Waals surface area contributed by atoms with Gasteiger partial charge < -0.3 is 9.72 Å². The number of carbonyl (C=O) groups excluding carboxylic acids is 2. The smallest absolute Gasteiger partial charge is 0.355 e. The first-order valence-corrected chi connectivity index (χ1v) is 5.60. The van der Waals surface area contributed by atoms with Crippen molar-refractivity contribution in [3.05, 3.63) is 34.2 Å². The van der Waals surface area contributed by atoms with Crippen molar-refractivity contribution in [1.29, 1.82) is 0 Å². The Labute approximate surface area is 107 Å². The summed E-state index contributed by atoms with van der Waals surface area (Å²) in [7, 11) is 0. The summed E-state index contributed by atoms with van der Waals surface area (Å²) in [6.45, 7) is 1.79. The van der Waals surface area contributed by atoms with Gasteiger partial charge in [0.25, 0.3) is 0 Å². The maximum absolute atomic E-state index is 13.6. The SMILES string of the molecule is CCOC(=O)c1[nH]c2c(F)ccc(Cl)c2c1C=O. The second-order valence-corrected chi connectivity index (χ2v) is 3.94. The van der Waals surface area contributed by atoms with E-state index in [-0.39, 0.29) is 33.8 Å². The topological polar surface area (TPSA) is 59.2 Å². The second kappa shape index (κ2) is 4.78. The van der Waals surface area contributed by atoms with E-state index in [4.69, 9.17) is 16.3 Å². The van der Waals surface area contributed by atoms with Crippen LogP contribution >= 0.6 is 11.6 Å². The number of hydrogen-bond donors (Lipinski definition) is 1. The highest BCUT2D eigenvalue weighted by Crippen LogP contribution is 2.30. The molecule has 2 rings (SSSR count). The number of halogens is 2. The lowest BCUT2D eigenvalue weighted by Gasteiger charge is -1.99. The van der Waals surface area contributed by atoms with Crippen LogP contribution in [0.25, 0.3) is 10.9 Å². The molecule has 1 N–H and O–H groups in total. The zero-order valence-corrected chi connectivity index (χ0v) is 10.2. The number of esters is 1. The molecule has 0 aliphatic heterocycles. The average molecular weight is 270 g/mol. The number of aromatic nitrogens is 1. The van der Waals surface area contributed by atoms with E-state index in [9.17, 15) is 14.0 Å². The summed E-state index contributed by atoms with van der Waals surface area (Å²) in [5.74, 6) is -1.31. The number of hydrogen-bond acceptors (Lipinski definition) is 3. The molecule has 2 aromatic rings. The van der Waals surface area contributed by atoms with Gasteiger partial charge in [-0.15, -0.1) is 0 Å². The first-order chi connectivity index (χ1) is 8.60. The fourth-order valence-electron chi connectivity index (χ4n) is 1.74. The summed E-state index contributed by atoms with van der Waals surface area (Å²) in [5.41, 5.74) is -0.0607. The van der Waals surface area contributed by atoms with Gasteiger partial charge in [0.1, 0.15) is 11.5 Å². The minimum absolute atomic E-state index is 0.00736. The molecule has 94 valence electrons. The highest BCUT2D eigenvalue weighted by Gasteiger charge is 2.21. The molecular formula is C12H9ClFNO3. The molecule has 4 nitrogen and oxygen atoms in total. The first-order valence-electron chi connectivity index (χ1n) is 5.22. The van der Waals surface area contributed by atoms with Gasteiger partial charge in [-0.25, -0.2) is 9.18 Å². The molecule has 0 aliphatic rings. The standard InChI is InChI=1S/C12H9ClFNO3/c1-2-18-12(17)10-6(5-16)9-7(13)3-4-8(14)11(9)15-10/h3-5,15H,2H2,1H3. The normalized spacial score (nSPS) is 10.6. The van der Waals surface area contributed by atoms with E-state index in [0.717, 1.165) is 6.07 Å². The Morgan fingerprint density at radius 1 is 1.56 bits per heavy atom. The second-order valence-electron chi connectivity index (χ2n) is 3.53. The summed E-state index contributed by atoms with van der Waals surface area (Å²) in [6.07, 6.45) is 0.455. The van der Waals surface area contributed by atoms with E-state index in [0.29, 0.717) is 6.29 Å². The Kier molecular flexibility index (Phi) is 3.34. The molecule has 18 heavy (non-hydrogen) atoms. The van der Waals surface area contributed by atoms with Crippen LogP contribution in [0.1, 0.15) is 27.8 Å². The molecule has 1 heterocycles. The van der Waals surface area contributed by atoms with Crippen LogP contribution in [0.15, 0.2) is 12.1 Å². The number of H-pyrrole nitrogens is 1. The number of benzene rings is 1. The quantitative estimate of drug-likeness (QED) is 0.688. The van der Waals surface area contributed by atoms with E-state index in [1.165, 1.54) is 6.07 Å². The maximum atomic E-state index is 13.6. The Bertz CT molecular complexity index is 636. The van der Waals surface area contributed by atoms with E-state index >= 15 is 0 Å². The van der Waals surface area contributed by atoms with Crippen LogP contribution in [0.4, 0.5) is 4.39 Å². The average Bonchev–Trinajstić information content (AvgIpc) is 2.74. The van der Waals surface area contributed by atoms with Gasteiger partial charge >= 0.3 is 5.97 Å². The van der Waals surface area contributed by atoms with Gasteiger partial charge in [-0.3, -0.25) is 4.79 Å². The molecule has 0 saturated carbocycles. The highest BCUT2D eigenvalue weighted by atomic mass is 35.5. The van der Waals surface area contributed by atoms with E-state index in [1.807, 2.05) is 0 Å². The van der Waals surface area contributed by atoms with Crippen molar-refractivity contribution in [3.63, 3.8) is 0 Å². The lowest BCUT2D eigenvalue weighted by atomic mass is 10.1. The fourth-order valence-corrected chi connectivity index (χ4v) is 2.00. The number of aldehydes is 1. The zero-order chi connectivity index (χ0) is 13.3. The Balaban J connectivity index is 2.76. The van der Waals surface area contributed by atoms with Gasteiger partial charge in [-0.1, -0.05) is 11.6 Å². The maximum Gasteiger partial charge on any atom is 0.355 e. The number of rotatable bonds is 3. The van der Waals surface area contributed by atoms with Crippen molar-refractivity contribution in [1.82, 2.24) is 4.98 Å². The summed E-state index contributed by atoms with van der Waals surface area (Å²) < 4.78 is 18.4. The summed E-state index contributed by atoms with van der Waals surface area (Å²) in [6, 6.07) is 2.49. The Morgan fingerprint density at radius 2 is 2.28 bits per heavy atom. The van der Waals surface area contributed by atoms with Gasteiger partial charge in [-0.05, 0) is 19.1 Å². The van der Waals surface area contributed by atoms with Gasteiger partial charge in [0.15, 0.2) is 6.29 Å². The molecule has 0 atom stereocenters. The van der Waals surface area contributed by atoms with Crippen molar-refractivity contribution in [2.45, 2.75) is 6.92 Å². The predicted octanol–water partition coefficient (Wildman–Crippen LogP) is 2.95. The largest absolute Gasteiger partial charge is 0.461 e. The Hall–Kier alpha value is -1.88. The van der Waals surface area contributed by atoms with Crippen LogP contribution in [0.2, 0.25) is 5.02 Å². The summed E-state index contributed by atoms with van der Waals surface area (Å²) in [4.78, 5) is 25.2. The molecule has 1 aromatic carbocycles. The van der Waals surface area contributed by atoms with Gasteiger partial charge in [0, 0.05) is 5.39 Å². The van der Waals surface area contributed by atoms with Crippen LogP contribution in [0.3, 0.4) is 0 Å². The molecule has 0 bridgehead atoms. The molecule has 0 fully saturated rings. The number of nitrogens with one attached hydrogen (secondary N) is 1. The first kappa shape index (κ1) is 12.6.